The molecule has 1 heterocycles. The lowest BCUT2D eigenvalue weighted by molar-refractivity contribution is 0.119. The van der Waals surface area contributed by atoms with E-state index < -0.39 is 6.10 Å². The average Bonchev–Trinajstić information content (AvgIpc) is 2.78. The zero-order valence-corrected chi connectivity index (χ0v) is 18.1. The van der Waals surface area contributed by atoms with Gasteiger partial charge >= 0.3 is 0 Å². The number of guanidine groups is 1. The van der Waals surface area contributed by atoms with Gasteiger partial charge in [-0.15, -0.1) is 0 Å². The normalized spacial score (nSPS) is 21.0. The zero-order chi connectivity index (χ0) is 20.5. The summed E-state index contributed by atoms with van der Waals surface area (Å²) in [6.07, 6.45) is 8.66. The number of hydrogen-bond donors (Lipinski definition) is 3. The van der Waals surface area contributed by atoms with E-state index in [0.717, 1.165) is 42.7 Å². The lowest BCUT2D eigenvalue weighted by Gasteiger charge is -2.39. The summed E-state index contributed by atoms with van der Waals surface area (Å²) in [5, 5.41) is 17.4. The van der Waals surface area contributed by atoms with Crippen LogP contribution in [0.1, 0.15) is 63.5 Å². The van der Waals surface area contributed by atoms with E-state index in [2.05, 4.69) is 27.4 Å². The average molecular weight is 403 g/mol. The molecule has 1 aromatic carbocycles. The number of piperidine rings is 1. The van der Waals surface area contributed by atoms with Gasteiger partial charge in [-0.1, -0.05) is 31.4 Å². The molecule has 162 valence electrons. The molecule has 6 heteroatoms. The van der Waals surface area contributed by atoms with Crippen LogP contribution >= 0.6 is 0 Å². The minimum Gasteiger partial charge on any atom is -0.497 e. The number of ether oxygens (including phenoxy) is 1. The first kappa shape index (κ1) is 21.9. The second kappa shape index (κ2) is 11.4. The van der Waals surface area contributed by atoms with Crippen LogP contribution < -0.4 is 15.4 Å². The van der Waals surface area contributed by atoms with Crippen molar-refractivity contribution in [1.82, 2.24) is 15.5 Å². The van der Waals surface area contributed by atoms with Gasteiger partial charge in [0.15, 0.2) is 5.96 Å². The molecule has 2 aliphatic rings. The number of aliphatic imine (C=N–C) groups is 1. The molecule has 1 saturated carbocycles. The van der Waals surface area contributed by atoms with Gasteiger partial charge < -0.3 is 25.4 Å². The van der Waals surface area contributed by atoms with Gasteiger partial charge in [-0.3, -0.25) is 4.99 Å². The van der Waals surface area contributed by atoms with Crippen molar-refractivity contribution in [3.8, 4) is 5.75 Å². The number of likely N-dealkylation sites (tertiary alicyclic amines) is 1. The van der Waals surface area contributed by atoms with E-state index >= 15 is 0 Å². The van der Waals surface area contributed by atoms with Gasteiger partial charge in [-0.05, 0) is 50.3 Å². The van der Waals surface area contributed by atoms with Gasteiger partial charge in [0.05, 0.1) is 19.8 Å². The van der Waals surface area contributed by atoms with Crippen molar-refractivity contribution in [2.45, 2.75) is 70.1 Å². The Labute approximate surface area is 175 Å². The summed E-state index contributed by atoms with van der Waals surface area (Å²) in [7, 11) is 1.64. The van der Waals surface area contributed by atoms with Crippen molar-refractivity contribution in [2.75, 3.05) is 33.3 Å². The highest BCUT2D eigenvalue weighted by Crippen LogP contribution is 2.25. The van der Waals surface area contributed by atoms with Crippen LogP contribution in [0.15, 0.2) is 29.3 Å². The summed E-state index contributed by atoms with van der Waals surface area (Å²) in [4.78, 5) is 7.34. The number of nitrogens with one attached hydrogen (secondary N) is 2. The Bertz CT molecular complexity index is 620. The third-order valence-electron chi connectivity index (χ3n) is 6.23. The van der Waals surface area contributed by atoms with Crippen molar-refractivity contribution in [2.24, 2.45) is 4.99 Å². The number of hydrogen-bond acceptors (Lipinski definition) is 4. The Balaban J connectivity index is 1.48. The predicted octanol–water partition coefficient (Wildman–Crippen LogP) is 3.08. The Kier molecular flexibility index (Phi) is 8.62. The SMILES string of the molecule is CCNC(=NCC(O)c1ccc(OC)cc1)NC1CCN(C2CCCCC2)CC1. The van der Waals surface area contributed by atoms with Gasteiger partial charge in [0.1, 0.15) is 5.75 Å². The molecule has 6 nitrogen and oxygen atoms in total. The van der Waals surface area contributed by atoms with Gasteiger partial charge in [-0.2, -0.15) is 0 Å². The molecule has 3 N–H and O–H groups in total. The van der Waals surface area contributed by atoms with E-state index in [1.54, 1.807) is 7.11 Å². The van der Waals surface area contributed by atoms with E-state index in [1.807, 2.05) is 24.3 Å². The monoisotopic (exact) mass is 402 g/mol. The standard InChI is InChI=1S/C23H38N4O2/c1-3-24-23(25-17-22(28)18-9-11-21(29-2)12-10-18)26-19-13-15-27(16-14-19)20-7-5-4-6-8-20/h9-12,19-20,22,28H,3-8,13-17H2,1-2H3,(H2,24,25,26). The number of methoxy groups -OCH3 is 1. The van der Waals surface area contributed by atoms with Crippen LogP contribution in [0.3, 0.4) is 0 Å². The molecular formula is C23H38N4O2. The number of aliphatic hydroxyl groups is 1. The van der Waals surface area contributed by atoms with Crippen molar-refractivity contribution in [1.29, 1.82) is 0 Å². The lowest BCUT2D eigenvalue weighted by atomic mass is 9.92. The quantitative estimate of drug-likeness (QED) is 0.483. The molecule has 0 amide bonds. The van der Waals surface area contributed by atoms with Gasteiger partial charge in [0.25, 0.3) is 0 Å². The second-order valence-electron chi connectivity index (χ2n) is 8.25. The van der Waals surface area contributed by atoms with Crippen molar-refractivity contribution in [3.63, 3.8) is 0 Å². The summed E-state index contributed by atoms with van der Waals surface area (Å²) in [5.41, 5.74) is 0.853. The molecule has 1 saturated heterocycles. The minimum absolute atomic E-state index is 0.336. The van der Waals surface area contributed by atoms with Gasteiger partial charge in [0.2, 0.25) is 0 Å². The van der Waals surface area contributed by atoms with E-state index in [1.165, 1.54) is 45.2 Å². The van der Waals surface area contributed by atoms with E-state index in [-0.39, 0.29) is 0 Å². The Morgan fingerprint density at radius 2 is 1.83 bits per heavy atom. The van der Waals surface area contributed by atoms with E-state index in [9.17, 15) is 5.11 Å². The van der Waals surface area contributed by atoms with Crippen LogP contribution in [0, 0.1) is 0 Å². The zero-order valence-electron chi connectivity index (χ0n) is 18.1. The Morgan fingerprint density at radius 3 is 2.45 bits per heavy atom. The van der Waals surface area contributed by atoms with E-state index in [4.69, 9.17) is 4.74 Å². The fourth-order valence-electron chi connectivity index (χ4n) is 4.48. The van der Waals surface area contributed by atoms with Crippen LogP contribution in [0.2, 0.25) is 0 Å². The highest BCUT2D eigenvalue weighted by molar-refractivity contribution is 5.80. The summed E-state index contributed by atoms with van der Waals surface area (Å²) < 4.78 is 5.18. The maximum absolute atomic E-state index is 10.5. The summed E-state index contributed by atoms with van der Waals surface area (Å²) >= 11 is 0. The molecular weight excluding hydrogens is 364 g/mol. The fraction of sp³-hybridized carbons (Fsp3) is 0.696. The number of aliphatic hydroxyl groups excluding tert-OH is 1. The predicted molar refractivity (Wildman–Crippen MR) is 119 cm³/mol. The molecule has 0 spiro atoms. The number of rotatable bonds is 7. The molecule has 29 heavy (non-hydrogen) atoms. The van der Waals surface area contributed by atoms with Crippen LogP contribution in [-0.4, -0.2) is 61.3 Å². The second-order valence-corrected chi connectivity index (χ2v) is 8.25. The highest BCUT2D eigenvalue weighted by atomic mass is 16.5. The van der Waals surface area contributed by atoms with Crippen LogP contribution in [-0.2, 0) is 0 Å². The third kappa shape index (κ3) is 6.61. The molecule has 0 radical (unpaired) electrons. The minimum atomic E-state index is -0.621. The first-order valence-corrected chi connectivity index (χ1v) is 11.3. The molecule has 1 aliphatic carbocycles. The molecule has 0 bridgehead atoms. The Morgan fingerprint density at radius 1 is 1.14 bits per heavy atom. The first-order chi connectivity index (χ1) is 14.2. The van der Waals surface area contributed by atoms with Gasteiger partial charge in [0, 0.05) is 31.7 Å². The number of nitrogens with zero attached hydrogens (tertiary/aromatic N) is 2. The molecule has 2 fully saturated rings. The molecule has 1 unspecified atom stereocenters. The summed E-state index contributed by atoms with van der Waals surface area (Å²) in [6.45, 7) is 5.57. The van der Waals surface area contributed by atoms with Crippen molar-refractivity contribution < 1.29 is 9.84 Å². The van der Waals surface area contributed by atoms with Crippen molar-refractivity contribution in [3.05, 3.63) is 29.8 Å². The molecule has 0 aromatic heterocycles. The summed E-state index contributed by atoms with van der Waals surface area (Å²) in [6, 6.07) is 8.77. The lowest BCUT2D eigenvalue weighted by Crippen LogP contribution is -2.51. The van der Waals surface area contributed by atoms with E-state index in [0.29, 0.717) is 12.6 Å². The molecule has 1 atom stereocenters. The Hall–Kier alpha value is -1.79. The molecule has 1 aliphatic heterocycles. The van der Waals surface area contributed by atoms with Crippen molar-refractivity contribution >= 4 is 5.96 Å². The molecule has 1 aromatic rings. The topological polar surface area (TPSA) is 69.1 Å². The highest BCUT2D eigenvalue weighted by Gasteiger charge is 2.26. The maximum atomic E-state index is 10.5. The van der Waals surface area contributed by atoms with Crippen LogP contribution in [0.5, 0.6) is 5.75 Å². The van der Waals surface area contributed by atoms with Gasteiger partial charge in [-0.25, -0.2) is 0 Å². The van der Waals surface area contributed by atoms with Crippen LogP contribution in [0.4, 0.5) is 0 Å². The third-order valence-corrected chi connectivity index (χ3v) is 6.23. The summed E-state index contributed by atoms with van der Waals surface area (Å²) in [5.74, 6) is 1.59. The largest absolute Gasteiger partial charge is 0.497 e. The fourth-order valence-corrected chi connectivity index (χ4v) is 4.48. The first-order valence-electron chi connectivity index (χ1n) is 11.3. The smallest absolute Gasteiger partial charge is 0.191 e. The van der Waals surface area contributed by atoms with Crippen LogP contribution in [0.25, 0.3) is 0 Å². The molecule has 3 rings (SSSR count). The maximum Gasteiger partial charge on any atom is 0.191 e. The number of benzene rings is 1.